The van der Waals surface area contributed by atoms with Crippen molar-refractivity contribution in [2.45, 2.75) is 52.1 Å². The van der Waals surface area contributed by atoms with Gasteiger partial charge in [-0.05, 0) is 30.5 Å². The average Bonchev–Trinajstić information content (AvgIpc) is 2.37. The van der Waals surface area contributed by atoms with Crippen LogP contribution in [0.2, 0.25) is 0 Å². The number of hydrogen-bond donors (Lipinski definition) is 1. The lowest BCUT2D eigenvalue weighted by Gasteiger charge is -2.18. The summed E-state index contributed by atoms with van der Waals surface area (Å²) in [6, 6.07) is 9.49. The summed E-state index contributed by atoms with van der Waals surface area (Å²) in [5, 5.41) is 3.67. The van der Waals surface area contributed by atoms with Gasteiger partial charge in [0, 0.05) is 32.4 Å². The van der Waals surface area contributed by atoms with E-state index in [1.807, 2.05) is 0 Å². The first-order chi connectivity index (χ1) is 8.67. The van der Waals surface area contributed by atoms with Crippen LogP contribution < -0.4 is 10.2 Å². The molecule has 2 nitrogen and oxygen atoms in total. The van der Waals surface area contributed by atoms with E-state index in [1.165, 1.54) is 36.9 Å². The van der Waals surface area contributed by atoms with Gasteiger partial charge in [-0.3, -0.25) is 0 Å². The number of benzene rings is 1. The van der Waals surface area contributed by atoms with Crippen LogP contribution in [0.3, 0.4) is 0 Å². The van der Waals surface area contributed by atoms with Gasteiger partial charge in [0.1, 0.15) is 0 Å². The van der Waals surface area contributed by atoms with Gasteiger partial charge in [-0.25, -0.2) is 0 Å². The van der Waals surface area contributed by atoms with Crippen LogP contribution in [0.1, 0.15) is 45.1 Å². The van der Waals surface area contributed by atoms with Crippen LogP contribution in [0.5, 0.6) is 0 Å². The largest absolute Gasteiger partial charge is 0.378 e. The number of nitrogens with one attached hydrogen (secondary N) is 1. The molecule has 2 heteroatoms. The molecule has 0 fully saturated rings. The van der Waals surface area contributed by atoms with Crippen LogP contribution in [0.25, 0.3) is 0 Å². The first-order valence-electron chi connectivity index (χ1n) is 7.17. The molecule has 0 amide bonds. The third-order valence-electron chi connectivity index (χ3n) is 3.32. The molecular weight excluding hydrogens is 220 g/mol. The molecule has 102 valence electrons. The molecule has 1 aromatic rings. The summed E-state index contributed by atoms with van der Waals surface area (Å²) in [5.74, 6) is 0. The Kier molecular flexibility index (Phi) is 6.81. The molecule has 0 aromatic heterocycles. The molecule has 0 aliphatic carbocycles. The molecule has 1 N–H and O–H groups in total. The van der Waals surface area contributed by atoms with Crippen LogP contribution in [-0.2, 0) is 6.54 Å². The van der Waals surface area contributed by atoms with Gasteiger partial charge in [0.05, 0.1) is 0 Å². The van der Waals surface area contributed by atoms with Gasteiger partial charge in [-0.15, -0.1) is 0 Å². The van der Waals surface area contributed by atoms with Crippen LogP contribution in [0.4, 0.5) is 5.69 Å². The van der Waals surface area contributed by atoms with E-state index in [2.05, 4.69) is 62.4 Å². The number of nitrogens with zero attached hydrogens (tertiary/aromatic N) is 1. The second kappa shape index (κ2) is 8.15. The summed E-state index contributed by atoms with van der Waals surface area (Å²) in [5.41, 5.74) is 2.63. The molecule has 0 aliphatic rings. The third kappa shape index (κ3) is 5.09. The van der Waals surface area contributed by atoms with Crippen molar-refractivity contribution in [2.24, 2.45) is 0 Å². The minimum Gasteiger partial charge on any atom is -0.378 e. The van der Waals surface area contributed by atoms with Gasteiger partial charge in [0.2, 0.25) is 0 Å². The maximum Gasteiger partial charge on any atom is 0.0361 e. The second-order valence-electron chi connectivity index (χ2n) is 5.22. The zero-order valence-corrected chi connectivity index (χ0v) is 12.4. The summed E-state index contributed by atoms with van der Waals surface area (Å²) in [6.45, 7) is 5.50. The van der Waals surface area contributed by atoms with Crippen molar-refractivity contribution in [3.05, 3.63) is 29.8 Å². The van der Waals surface area contributed by atoms with Crippen LogP contribution in [-0.4, -0.2) is 20.1 Å². The van der Waals surface area contributed by atoms with E-state index in [1.54, 1.807) is 0 Å². The molecule has 0 bridgehead atoms. The summed E-state index contributed by atoms with van der Waals surface area (Å²) < 4.78 is 0. The lowest BCUT2D eigenvalue weighted by atomic mass is 10.1. The predicted octanol–water partition coefficient (Wildman–Crippen LogP) is 3.81. The van der Waals surface area contributed by atoms with Crippen molar-refractivity contribution in [3.63, 3.8) is 0 Å². The molecule has 18 heavy (non-hydrogen) atoms. The summed E-state index contributed by atoms with van der Waals surface area (Å²) >= 11 is 0. The van der Waals surface area contributed by atoms with Gasteiger partial charge in [-0.1, -0.05) is 38.8 Å². The molecule has 0 aliphatic heterocycles. The van der Waals surface area contributed by atoms with Crippen LogP contribution in [0, 0.1) is 0 Å². The van der Waals surface area contributed by atoms with Crippen molar-refractivity contribution in [1.82, 2.24) is 5.32 Å². The van der Waals surface area contributed by atoms with E-state index < -0.39 is 0 Å². The average molecular weight is 248 g/mol. The molecule has 1 aromatic carbocycles. The van der Waals surface area contributed by atoms with Crippen LogP contribution in [0.15, 0.2) is 24.3 Å². The lowest BCUT2D eigenvalue weighted by Crippen LogP contribution is -2.28. The Morgan fingerprint density at radius 3 is 2.00 bits per heavy atom. The summed E-state index contributed by atoms with van der Waals surface area (Å²) in [6.07, 6.45) is 5.09. The minimum atomic E-state index is 0.675. The maximum absolute atomic E-state index is 3.67. The molecule has 0 unspecified atom stereocenters. The molecule has 0 radical (unpaired) electrons. The summed E-state index contributed by atoms with van der Waals surface area (Å²) in [4.78, 5) is 2.13. The fraction of sp³-hybridized carbons (Fsp3) is 0.625. The Balaban J connectivity index is 2.46. The first-order valence-corrected chi connectivity index (χ1v) is 7.17. The SMILES string of the molecule is CCCC(CCC)NCc1ccc(N(C)C)cc1. The van der Waals surface area contributed by atoms with Crippen molar-refractivity contribution in [3.8, 4) is 0 Å². The Labute approximate surface area is 112 Å². The monoisotopic (exact) mass is 248 g/mol. The third-order valence-corrected chi connectivity index (χ3v) is 3.32. The maximum atomic E-state index is 3.67. The molecule has 0 heterocycles. The normalized spacial score (nSPS) is 10.9. The Morgan fingerprint density at radius 2 is 1.56 bits per heavy atom. The zero-order chi connectivity index (χ0) is 13.4. The highest BCUT2D eigenvalue weighted by atomic mass is 15.1. The van der Waals surface area contributed by atoms with E-state index >= 15 is 0 Å². The van der Waals surface area contributed by atoms with Crippen molar-refractivity contribution in [2.75, 3.05) is 19.0 Å². The second-order valence-corrected chi connectivity index (χ2v) is 5.22. The Hall–Kier alpha value is -1.02. The highest BCUT2D eigenvalue weighted by Crippen LogP contribution is 2.13. The quantitative estimate of drug-likeness (QED) is 0.752. The lowest BCUT2D eigenvalue weighted by molar-refractivity contribution is 0.443. The first kappa shape index (κ1) is 15.0. The number of hydrogen-bond acceptors (Lipinski definition) is 2. The fourth-order valence-corrected chi connectivity index (χ4v) is 2.22. The zero-order valence-electron chi connectivity index (χ0n) is 12.4. The minimum absolute atomic E-state index is 0.675. The highest BCUT2D eigenvalue weighted by Gasteiger charge is 2.05. The van der Waals surface area contributed by atoms with Gasteiger partial charge in [-0.2, -0.15) is 0 Å². The van der Waals surface area contributed by atoms with E-state index in [0.29, 0.717) is 6.04 Å². The van der Waals surface area contributed by atoms with Crippen molar-refractivity contribution < 1.29 is 0 Å². The van der Waals surface area contributed by atoms with Gasteiger partial charge in [0.15, 0.2) is 0 Å². The highest BCUT2D eigenvalue weighted by molar-refractivity contribution is 5.45. The Bertz CT molecular complexity index is 310. The molecule has 0 atom stereocenters. The van der Waals surface area contributed by atoms with E-state index in [0.717, 1.165) is 6.54 Å². The summed E-state index contributed by atoms with van der Waals surface area (Å²) in [7, 11) is 4.15. The molecule has 1 rings (SSSR count). The Morgan fingerprint density at radius 1 is 1.00 bits per heavy atom. The number of rotatable bonds is 8. The molecule has 0 spiro atoms. The number of anilines is 1. The van der Waals surface area contributed by atoms with Gasteiger partial charge < -0.3 is 10.2 Å². The smallest absolute Gasteiger partial charge is 0.0361 e. The standard InChI is InChI=1S/C16H28N2/c1-5-7-15(8-6-2)17-13-14-9-11-16(12-10-14)18(3)4/h9-12,15,17H,5-8,13H2,1-4H3. The van der Waals surface area contributed by atoms with E-state index in [-0.39, 0.29) is 0 Å². The predicted molar refractivity (Wildman–Crippen MR) is 81.2 cm³/mol. The topological polar surface area (TPSA) is 15.3 Å². The molecule has 0 saturated carbocycles. The van der Waals surface area contributed by atoms with Gasteiger partial charge >= 0.3 is 0 Å². The van der Waals surface area contributed by atoms with Crippen molar-refractivity contribution >= 4 is 5.69 Å². The van der Waals surface area contributed by atoms with Crippen molar-refractivity contribution in [1.29, 1.82) is 0 Å². The molecular formula is C16H28N2. The van der Waals surface area contributed by atoms with Gasteiger partial charge in [0.25, 0.3) is 0 Å². The van der Waals surface area contributed by atoms with Crippen LogP contribution >= 0.6 is 0 Å². The molecule has 0 saturated heterocycles. The van der Waals surface area contributed by atoms with E-state index in [4.69, 9.17) is 0 Å². The van der Waals surface area contributed by atoms with E-state index in [9.17, 15) is 0 Å². The fourth-order valence-electron chi connectivity index (χ4n) is 2.22.